The molecular formula is C14H20FN. The Morgan fingerprint density at radius 3 is 2.75 bits per heavy atom. The zero-order valence-corrected chi connectivity index (χ0v) is 10.1. The molecule has 1 saturated carbocycles. The Balaban J connectivity index is 2.43. The lowest BCUT2D eigenvalue weighted by Gasteiger charge is -2.34. The molecule has 1 aliphatic rings. The van der Waals surface area contributed by atoms with Gasteiger partial charge in [-0.1, -0.05) is 31.5 Å². The summed E-state index contributed by atoms with van der Waals surface area (Å²) in [7, 11) is 1.95. The first kappa shape index (κ1) is 11.6. The molecule has 0 spiro atoms. The van der Waals surface area contributed by atoms with Gasteiger partial charge in [0, 0.05) is 12.0 Å². The maximum atomic E-state index is 14.0. The van der Waals surface area contributed by atoms with Gasteiger partial charge in [0.2, 0.25) is 0 Å². The highest BCUT2D eigenvalue weighted by molar-refractivity contribution is 5.30. The summed E-state index contributed by atoms with van der Waals surface area (Å²) < 4.78 is 14.0. The van der Waals surface area contributed by atoms with E-state index in [2.05, 4.69) is 12.2 Å². The van der Waals surface area contributed by atoms with Crippen molar-refractivity contribution >= 4 is 0 Å². The summed E-state index contributed by atoms with van der Waals surface area (Å²) in [5.74, 6) is 0.503. The molecule has 0 amide bonds. The lowest BCUT2D eigenvalue weighted by atomic mass is 9.72. The van der Waals surface area contributed by atoms with Crippen LogP contribution < -0.4 is 5.32 Å². The topological polar surface area (TPSA) is 12.0 Å². The van der Waals surface area contributed by atoms with Crippen molar-refractivity contribution in [1.29, 1.82) is 0 Å². The molecule has 88 valence electrons. The third-order valence-electron chi connectivity index (χ3n) is 4.11. The average molecular weight is 221 g/mol. The van der Waals surface area contributed by atoms with Crippen LogP contribution >= 0.6 is 0 Å². The third-order valence-corrected chi connectivity index (χ3v) is 4.11. The quantitative estimate of drug-likeness (QED) is 0.827. The van der Waals surface area contributed by atoms with Crippen molar-refractivity contribution in [2.24, 2.45) is 5.92 Å². The highest BCUT2D eigenvalue weighted by Gasteiger charge is 2.42. The molecule has 2 rings (SSSR count). The van der Waals surface area contributed by atoms with E-state index in [9.17, 15) is 4.39 Å². The van der Waals surface area contributed by atoms with Gasteiger partial charge in [-0.25, -0.2) is 4.39 Å². The number of benzene rings is 1. The minimum Gasteiger partial charge on any atom is -0.319 e. The van der Waals surface area contributed by atoms with Gasteiger partial charge in [-0.3, -0.25) is 0 Å². The first-order valence-corrected chi connectivity index (χ1v) is 6.10. The summed E-state index contributed by atoms with van der Waals surface area (Å²) in [6.45, 7) is 3.12. The molecule has 1 nitrogen and oxygen atoms in total. The van der Waals surface area contributed by atoms with Crippen LogP contribution in [0.5, 0.6) is 0 Å². The van der Waals surface area contributed by atoms with Crippen LogP contribution in [0.15, 0.2) is 24.3 Å². The number of hydrogen-bond donors (Lipinski definition) is 1. The van der Waals surface area contributed by atoms with E-state index >= 15 is 0 Å². The lowest BCUT2D eigenvalue weighted by molar-refractivity contribution is 0.314. The van der Waals surface area contributed by atoms with Gasteiger partial charge in [0.05, 0.1) is 0 Å². The van der Waals surface area contributed by atoms with E-state index in [0.717, 1.165) is 18.5 Å². The second kappa shape index (κ2) is 4.54. The van der Waals surface area contributed by atoms with Gasteiger partial charge in [-0.05, 0) is 37.4 Å². The molecular weight excluding hydrogens is 201 g/mol. The average Bonchev–Trinajstić information content (AvgIpc) is 2.62. The zero-order valence-electron chi connectivity index (χ0n) is 10.1. The van der Waals surface area contributed by atoms with Crippen molar-refractivity contribution in [2.75, 3.05) is 13.6 Å². The van der Waals surface area contributed by atoms with E-state index in [0.29, 0.717) is 5.92 Å². The summed E-state index contributed by atoms with van der Waals surface area (Å²) >= 11 is 0. The molecule has 0 saturated heterocycles. The van der Waals surface area contributed by atoms with Crippen molar-refractivity contribution in [3.05, 3.63) is 35.6 Å². The van der Waals surface area contributed by atoms with Gasteiger partial charge in [0.15, 0.2) is 0 Å². The van der Waals surface area contributed by atoms with Crippen LogP contribution in [0.25, 0.3) is 0 Å². The Labute approximate surface area is 97.1 Å². The Kier molecular flexibility index (Phi) is 3.29. The van der Waals surface area contributed by atoms with Gasteiger partial charge in [-0.2, -0.15) is 0 Å². The second-order valence-corrected chi connectivity index (χ2v) is 4.96. The predicted octanol–water partition coefficient (Wildman–Crippen LogP) is 3.10. The molecule has 0 aromatic heterocycles. The van der Waals surface area contributed by atoms with Crippen LogP contribution in [0.1, 0.15) is 31.7 Å². The van der Waals surface area contributed by atoms with Gasteiger partial charge >= 0.3 is 0 Å². The Morgan fingerprint density at radius 2 is 2.19 bits per heavy atom. The minimum absolute atomic E-state index is 0.0000926. The molecule has 1 N–H and O–H groups in total. The Bertz CT molecular complexity index is 364. The van der Waals surface area contributed by atoms with Crippen LogP contribution in [0.2, 0.25) is 0 Å². The maximum absolute atomic E-state index is 14.0. The summed E-state index contributed by atoms with van der Waals surface area (Å²) in [6, 6.07) is 7.25. The largest absolute Gasteiger partial charge is 0.319 e. The van der Waals surface area contributed by atoms with Crippen molar-refractivity contribution in [3.8, 4) is 0 Å². The van der Waals surface area contributed by atoms with Crippen molar-refractivity contribution in [3.63, 3.8) is 0 Å². The molecule has 16 heavy (non-hydrogen) atoms. The van der Waals surface area contributed by atoms with Crippen LogP contribution in [0.4, 0.5) is 4.39 Å². The summed E-state index contributed by atoms with van der Waals surface area (Å²) in [4.78, 5) is 0. The Hall–Kier alpha value is -0.890. The van der Waals surface area contributed by atoms with E-state index in [1.54, 1.807) is 12.1 Å². The van der Waals surface area contributed by atoms with E-state index in [-0.39, 0.29) is 11.2 Å². The van der Waals surface area contributed by atoms with Crippen LogP contribution in [-0.4, -0.2) is 13.6 Å². The fourth-order valence-corrected chi connectivity index (χ4v) is 3.18. The molecule has 1 fully saturated rings. The highest BCUT2D eigenvalue weighted by Crippen LogP contribution is 2.45. The summed E-state index contributed by atoms with van der Waals surface area (Å²) in [5.41, 5.74) is 0.898. The molecule has 2 heteroatoms. The van der Waals surface area contributed by atoms with E-state index in [1.807, 2.05) is 19.2 Å². The van der Waals surface area contributed by atoms with Crippen LogP contribution in [0.3, 0.4) is 0 Å². The Morgan fingerprint density at radius 1 is 1.44 bits per heavy atom. The monoisotopic (exact) mass is 221 g/mol. The summed E-state index contributed by atoms with van der Waals surface area (Å²) in [6.07, 6.45) is 3.50. The number of nitrogens with one attached hydrogen (secondary N) is 1. The fraction of sp³-hybridized carbons (Fsp3) is 0.571. The van der Waals surface area contributed by atoms with Gasteiger partial charge in [-0.15, -0.1) is 0 Å². The first-order chi connectivity index (χ1) is 7.70. The molecule has 1 aromatic carbocycles. The first-order valence-electron chi connectivity index (χ1n) is 6.10. The number of hydrogen-bond acceptors (Lipinski definition) is 1. The number of likely N-dealkylation sites (N-methyl/N-ethyl adjacent to an activating group) is 1. The maximum Gasteiger partial charge on any atom is 0.127 e. The fourth-order valence-electron chi connectivity index (χ4n) is 3.18. The SMILES string of the molecule is CNCC1(c2ccccc2F)CCCC1C. The molecule has 1 aliphatic carbocycles. The standard InChI is InChI=1S/C14H20FN/c1-11-6-5-9-14(11,10-16-2)12-7-3-4-8-13(12)15/h3-4,7-8,11,16H,5-6,9-10H2,1-2H3. The summed E-state index contributed by atoms with van der Waals surface area (Å²) in [5, 5.41) is 3.24. The van der Waals surface area contributed by atoms with E-state index < -0.39 is 0 Å². The lowest BCUT2D eigenvalue weighted by Crippen LogP contribution is -2.39. The van der Waals surface area contributed by atoms with Gasteiger partial charge in [0.1, 0.15) is 5.82 Å². The molecule has 0 heterocycles. The molecule has 0 aliphatic heterocycles. The van der Waals surface area contributed by atoms with E-state index in [4.69, 9.17) is 0 Å². The normalized spacial score (nSPS) is 29.6. The zero-order chi connectivity index (χ0) is 11.6. The molecule has 0 bridgehead atoms. The third kappa shape index (κ3) is 1.75. The predicted molar refractivity (Wildman–Crippen MR) is 65.0 cm³/mol. The van der Waals surface area contributed by atoms with Crippen LogP contribution in [0, 0.1) is 11.7 Å². The molecule has 0 radical (unpaired) electrons. The molecule has 1 aromatic rings. The van der Waals surface area contributed by atoms with Crippen molar-refractivity contribution < 1.29 is 4.39 Å². The minimum atomic E-state index is -0.0495. The van der Waals surface area contributed by atoms with Crippen molar-refractivity contribution in [2.45, 2.75) is 31.6 Å². The van der Waals surface area contributed by atoms with Gasteiger partial charge in [0.25, 0.3) is 0 Å². The smallest absolute Gasteiger partial charge is 0.127 e. The highest BCUT2D eigenvalue weighted by atomic mass is 19.1. The molecule has 2 atom stereocenters. The van der Waals surface area contributed by atoms with Gasteiger partial charge < -0.3 is 5.32 Å². The number of halogens is 1. The molecule has 2 unspecified atom stereocenters. The number of rotatable bonds is 3. The second-order valence-electron chi connectivity index (χ2n) is 4.96. The van der Waals surface area contributed by atoms with Crippen molar-refractivity contribution in [1.82, 2.24) is 5.32 Å². The van der Waals surface area contributed by atoms with Crippen LogP contribution in [-0.2, 0) is 5.41 Å². The van der Waals surface area contributed by atoms with E-state index in [1.165, 1.54) is 12.8 Å².